The van der Waals surface area contributed by atoms with Gasteiger partial charge in [0.25, 0.3) is 5.56 Å². The van der Waals surface area contributed by atoms with Crippen LogP contribution >= 0.6 is 0 Å². The number of hydrogen-bond donors (Lipinski definition) is 0. The van der Waals surface area contributed by atoms with Crippen molar-refractivity contribution in [3.05, 3.63) is 46.8 Å². The molecular formula is C19H18N4O5. The molecule has 9 heteroatoms. The zero-order valence-electron chi connectivity index (χ0n) is 15.1. The molecule has 1 aliphatic carbocycles. The highest BCUT2D eigenvalue weighted by molar-refractivity contribution is 6.08. The van der Waals surface area contributed by atoms with Gasteiger partial charge in [0.05, 0.1) is 17.2 Å². The Morgan fingerprint density at radius 1 is 1.14 bits per heavy atom. The molecule has 2 aliphatic rings. The fraction of sp³-hybridized carbons (Fsp3) is 0.368. The van der Waals surface area contributed by atoms with Crippen molar-refractivity contribution in [1.82, 2.24) is 19.9 Å². The Kier molecular flexibility index (Phi) is 4.50. The van der Waals surface area contributed by atoms with Crippen LogP contribution in [-0.4, -0.2) is 43.7 Å². The van der Waals surface area contributed by atoms with Gasteiger partial charge in [-0.1, -0.05) is 29.5 Å². The van der Waals surface area contributed by atoms with Gasteiger partial charge in [0.1, 0.15) is 11.6 Å². The highest BCUT2D eigenvalue weighted by Crippen LogP contribution is 2.36. The minimum atomic E-state index is -1.07. The molecule has 1 saturated heterocycles. The number of allylic oxidation sites excluding steroid dienone is 2. The molecule has 3 atom stereocenters. The fourth-order valence-electron chi connectivity index (χ4n) is 3.67. The molecular weight excluding hydrogens is 364 g/mol. The number of amides is 2. The number of aromatic nitrogens is 3. The van der Waals surface area contributed by atoms with Crippen molar-refractivity contribution in [1.29, 1.82) is 0 Å². The summed E-state index contributed by atoms with van der Waals surface area (Å²) in [5, 5.41) is 8.01. The van der Waals surface area contributed by atoms with E-state index in [9.17, 15) is 19.2 Å². The van der Waals surface area contributed by atoms with Gasteiger partial charge < -0.3 is 4.74 Å². The second kappa shape index (κ2) is 6.99. The smallest absolute Gasteiger partial charge is 0.330 e. The van der Waals surface area contributed by atoms with Crippen molar-refractivity contribution >= 4 is 28.7 Å². The predicted molar refractivity (Wildman–Crippen MR) is 96.6 cm³/mol. The van der Waals surface area contributed by atoms with E-state index in [0.717, 1.165) is 9.58 Å². The molecule has 0 radical (unpaired) electrons. The van der Waals surface area contributed by atoms with E-state index in [-0.39, 0.29) is 11.8 Å². The van der Waals surface area contributed by atoms with Crippen LogP contribution < -0.4 is 5.56 Å². The maximum atomic E-state index is 12.6. The van der Waals surface area contributed by atoms with E-state index in [2.05, 4.69) is 10.3 Å². The molecule has 1 aliphatic heterocycles. The van der Waals surface area contributed by atoms with E-state index in [1.807, 2.05) is 12.2 Å². The van der Waals surface area contributed by atoms with Gasteiger partial charge in [-0.2, -0.15) is 4.68 Å². The van der Waals surface area contributed by atoms with Gasteiger partial charge in [0.15, 0.2) is 6.73 Å². The van der Waals surface area contributed by atoms with E-state index >= 15 is 0 Å². The Balaban J connectivity index is 1.47. The predicted octanol–water partition coefficient (Wildman–Crippen LogP) is 0.632. The summed E-state index contributed by atoms with van der Waals surface area (Å²) in [6.45, 7) is 0.988. The first-order valence-corrected chi connectivity index (χ1v) is 9.00. The largest absolute Gasteiger partial charge is 0.441 e. The lowest BCUT2D eigenvalue weighted by Crippen LogP contribution is -2.44. The summed E-state index contributed by atoms with van der Waals surface area (Å²) in [6, 6.07) is 5.61. The van der Waals surface area contributed by atoms with Gasteiger partial charge in [0, 0.05) is 0 Å². The molecule has 2 amide bonds. The van der Waals surface area contributed by atoms with Gasteiger partial charge in [-0.15, -0.1) is 5.10 Å². The monoisotopic (exact) mass is 382 g/mol. The number of imide groups is 1. The number of carbonyl (C=O) groups is 3. The SMILES string of the molecule is C[C@@H](C(=O)OCn1nnc2ccccc2c1=O)N1C(=O)[C@H]2CC=CC[C@@H]2C1=O. The van der Waals surface area contributed by atoms with E-state index in [4.69, 9.17) is 4.74 Å². The maximum absolute atomic E-state index is 12.6. The first-order chi connectivity index (χ1) is 13.5. The molecule has 1 aromatic carbocycles. The van der Waals surface area contributed by atoms with Crippen LogP contribution in [0.3, 0.4) is 0 Å². The molecule has 28 heavy (non-hydrogen) atoms. The van der Waals surface area contributed by atoms with Gasteiger partial charge in [-0.05, 0) is 31.9 Å². The Bertz CT molecular complexity index is 1030. The lowest BCUT2D eigenvalue weighted by Gasteiger charge is -2.21. The second-order valence-electron chi connectivity index (χ2n) is 6.88. The second-order valence-corrected chi connectivity index (χ2v) is 6.88. The molecule has 2 aromatic rings. The van der Waals surface area contributed by atoms with Crippen molar-refractivity contribution in [3.8, 4) is 0 Å². The number of carbonyl (C=O) groups excluding carboxylic acids is 3. The Morgan fingerprint density at radius 3 is 2.46 bits per heavy atom. The number of likely N-dealkylation sites (tertiary alicyclic amines) is 1. The first-order valence-electron chi connectivity index (χ1n) is 9.00. The standard InChI is InChI=1S/C19H18N4O5/c1-11(23-17(25)12-6-2-3-7-13(12)18(23)26)19(27)28-10-22-16(24)14-8-4-5-9-15(14)20-21-22/h2-5,8-9,11-13H,6-7,10H2,1H3/t11-,12-,13-/m0/s1. The van der Waals surface area contributed by atoms with Crippen LogP contribution in [0.5, 0.6) is 0 Å². The number of esters is 1. The number of nitrogens with zero attached hydrogens (tertiary/aromatic N) is 4. The minimum absolute atomic E-state index is 0.350. The van der Waals surface area contributed by atoms with Gasteiger partial charge >= 0.3 is 5.97 Å². The summed E-state index contributed by atoms with van der Waals surface area (Å²) in [5.41, 5.74) is -0.00982. The molecule has 0 bridgehead atoms. The number of rotatable bonds is 4. The quantitative estimate of drug-likeness (QED) is 0.433. The third kappa shape index (κ3) is 2.88. The number of fused-ring (bicyclic) bond motifs is 2. The van der Waals surface area contributed by atoms with Crippen molar-refractivity contribution in [2.45, 2.75) is 32.5 Å². The molecule has 1 fully saturated rings. The summed E-state index contributed by atoms with van der Waals surface area (Å²) in [6.07, 6.45) is 4.75. The van der Waals surface area contributed by atoms with Crippen molar-refractivity contribution in [2.75, 3.05) is 0 Å². The molecule has 1 aromatic heterocycles. The number of hydrogen-bond acceptors (Lipinski definition) is 7. The highest BCUT2D eigenvalue weighted by atomic mass is 16.5. The Labute approximate surface area is 159 Å². The third-order valence-corrected chi connectivity index (χ3v) is 5.23. The van der Waals surface area contributed by atoms with Crippen LogP contribution in [0.1, 0.15) is 19.8 Å². The normalized spacial score (nSPS) is 22.4. The van der Waals surface area contributed by atoms with Crippen molar-refractivity contribution in [2.24, 2.45) is 11.8 Å². The third-order valence-electron chi connectivity index (χ3n) is 5.23. The van der Waals surface area contributed by atoms with Gasteiger partial charge in [0.2, 0.25) is 11.8 Å². The van der Waals surface area contributed by atoms with Crippen molar-refractivity contribution < 1.29 is 19.1 Å². The maximum Gasteiger partial charge on any atom is 0.330 e. The summed E-state index contributed by atoms with van der Waals surface area (Å²) < 4.78 is 6.06. The molecule has 4 rings (SSSR count). The van der Waals surface area contributed by atoms with Crippen LogP contribution in [0.15, 0.2) is 41.2 Å². The summed E-state index contributed by atoms with van der Waals surface area (Å²) in [4.78, 5) is 50.9. The fourth-order valence-corrected chi connectivity index (χ4v) is 3.67. The Hall–Kier alpha value is -3.36. The first kappa shape index (κ1) is 18.0. The average Bonchev–Trinajstić information content (AvgIpc) is 2.97. The van der Waals surface area contributed by atoms with Crippen LogP contribution in [0.4, 0.5) is 0 Å². The van der Waals surface area contributed by atoms with Crippen LogP contribution in [0.25, 0.3) is 10.9 Å². The lowest BCUT2D eigenvalue weighted by atomic mass is 9.85. The molecule has 2 heterocycles. The van der Waals surface area contributed by atoms with Gasteiger partial charge in [-0.25, -0.2) is 4.79 Å². The van der Waals surface area contributed by atoms with E-state index < -0.39 is 36.1 Å². The molecule has 0 spiro atoms. The zero-order chi connectivity index (χ0) is 19.8. The average molecular weight is 382 g/mol. The summed E-state index contributed by atoms with van der Waals surface area (Å²) in [7, 11) is 0. The van der Waals surface area contributed by atoms with Crippen LogP contribution in [0.2, 0.25) is 0 Å². The molecule has 144 valence electrons. The number of ether oxygens (including phenoxy) is 1. The van der Waals surface area contributed by atoms with E-state index in [0.29, 0.717) is 23.7 Å². The molecule has 0 saturated carbocycles. The van der Waals surface area contributed by atoms with Crippen LogP contribution in [0, 0.1) is 11.8 Å². The molecule has 0 N–H and O–H groups in total. The minimum Gasteiger partial charge on any atom is -0.441 e. The van der Waals surface area contributed by atoms with E-state index in [1.54, 1.807) is 24.3 Å². The summed E-state index contributed by atoms with van der Waals surface area (Å²) in [5.74, 6) is -2.32. The van der Waals surface area contributed by atoms with Crippen LogP contribution in [-0.2, 0) is 25.9 Å². The van der Waals surface area contributed by atoms with E-state index in [1.165, 1.54) is 6.92 Å². The summed E-state index contributed by atoms with van der Waals surface area (Å²) >= 11 is 0. The molecule has 9 nitrogen and oxygen atoms in total. The number of benzene rings is 1. The highest BCUT2D eigenvalue weighted by Gasteiger charge is 2.50. The Morgan fingerprint density at radius 2 is 1.79 bits per heavy atom. The topological polar surface area (TPSA) is 111 Å². The van der Waals surface area contributed by atoms with Crippen molar-refractivity contribution in [3.63, 3.8) is 0 Å². The lowest BCUT2D eigenvalue weighted by molar-refractivity contribution is -0.161. The molecule has 0 unspecified atom stereocenters. The van der Waals surface area contributed by atoms with Gasteiger partial charge in [-0.3, -0.25) is 19.3 Å². The zero-order valence-corrected chi connectivity index (χ0v) is 15.1.